The molecule has 0 fully saturated rings. The maximum atomic E-state index is 11.6. The van der Waals surface area contributed by atoms with Crippen molar-refractivity contribution in [3.8, 4) is 0 Å². The molecule has 0 heterocycles. The number of hydrogen-bond donors (Lipinski definition) is 4. The van der Waals surface area contributed by atoms with E-state index in [0.29, 0.717) is 0 Å². The number of amides is 3. The number of nitrogens with one attached hydrogen (secondary N) is 3. The van der Waals surface area contributed by atoms with E-state index in [1.54, 1.807) is 22.6 Å². The molecule has 0 aromatic heterocycles. The highest BCUT2D eigenvalue weighted by molar-refractivity contribution is 14.1. The lowest BCUT2D eigenvalue weighted by molar-refractivity contribution is -0.142. The van der Waals surface area contributed by atoms with Gasteiger partial charge in [-0.05, 0) is 24.4 Å². The van der Waals surface area contributed by atoms with Gasteiger partial charge in [0, 0.05) is 54.9 Å². The van der Waals surface area contributed by atoms with E-state index in [2.05, 4.69) is 16.0 Å². The summed E-state index contributed by atoms with van der Waals surface area (Å²) in [5.41, 5.74) is 0. The Hall–Kier alpha value is -1.43. The van der Waals surface area contributed by atoms with Gasteiger partial charge in [-0.25, -0.2) is 4.79 Å². The van der Waals surface area contributed by atoms with Gasteiger partial charge in [0.25, 0.3) is 3.91 Å². The van der Waals surface area contributed by atoms with Crippen molar-refractivity contribution in [3.05, 3.63) is 0 Å². The summed E-state index contributed by atoms with van der Waals surface area (Å²) >= 11 is 6.70. The molecule has 0 spiro atoms. The second kappa shape index (κ2) is 12.9. The van der Waals surface area contributed by atoms with Gasteiger partial charge >= 0.3 is 5.97 Å². The largest absolute Gasteiger partial charge is 0.480 e. The molecule has 0 aromatic carbocycles. The van der Waals surface area contributed by atoms with Crippen LogP contribution in [0.4, 0.5) is 4.79 Å². The Morgan fingerprint density at radius 3 is 2.12 bits per heavy atom. The Morgan fingerprint density at radius 2 is 1.58 bits per heavy atom. The minimum atomic E-state index is -1.25. The average Bonchev–Trinajstić information content (AvgIpc) is 2.47. The van der Waals surface area contributed by atoms with Crippen molar-refractivity contribution in [1.29, 1.82) is 0 Å². The third kappa shape index (κ3) is 13.0. The molecule has 0 aromatic rings. The summed E-state index contributed by atoms with van der Waals surface area (Å²) in [6.07, 6.45) is 0.0758. The van der Waals surface area contributed by atoms with Gasteiger partial charge in [-0.15, -0.1) is 0 Å². The molecule has 0 radical (unpaired) electrons. The van der Waals surface area contributed by atoms with E-state index >= 15 is 0 Å². The van der Waals surface area contributed by atoms with Crippen molar-refractivity contribution in [1.82, 2.24) is 16.0 Å². The minimum Gasteiger partial charge on any atom is -0.480 e. The number of carboxylic acid groups (broad SMARTS) is 1. The SMILES string of the molecule is O=C(Cl)CCCC(=O)N[C@@H](CCC(=O)NCCNC(=O)I)C(=O)O. The summed E-state index contributed by atoms with van der Waals surface area (Å²) in [4.78, 5) is 55.4. The highest BCUT2D eigenvalue weighted by Crippen LogP contribution is 2.02. The second-order valence-electron chi connectivity index (χ2n) is 4.76. The van der Waals surface area contributed by atoms with Gasteiger partial charge in [-0.1, -0.05) is 0 Å². The van der Waals surface area contributed by atoms with Crippen LogP contribution in [0.3, 0.4) is 0 Å². The fourth-order valence-electron chi connectivity index (χ4n) is 1.64. The lowest BCUT2D eigenvalue weighted by Crippen LogP contribution is -2.42. The molecule has 4 N–H and O–H groups in total. The lowest BCUT2D eigenvalue weighted by atomic mass is 10.1. The average molecular weight is 476 g/mol. The third-order valence-electron chi connectivity index (χ3n) is 2.78. The molecular weight excluding hydrogens is 457 g/mol. The van der Waals surface area contributed by atoms with Crippen LogP contribution in [-0.2, 0) is 19.2 Å². The first kappa shape index (κ1) is 22.6. The van der Waals surface area contributed by atoms with E-state index in [1.165, 1.54) is 0 Å². The van der Waals surface area contributed by atoms with E-state index in [-0.39, 0.29) is 55.0 Å². The van der Waals surface area contributed by atoms with Crippen molar-refractivity contribution in [3.63, 3.8) is 0 Å². The molecule has 0 unspecified atom stereocenters. The van der Waals surface area contributed by atoms with Crippen LogP contribution in [0, 0.1) is 0 Å². The van der Waals surface area contributed by atoms with Crippen LogP contribution in [0.2, 0.25) is 0 Å². The van der Waals surface area contributed by atoms with Crippen molar-refractivity contribution in [2.24, 2.45) is 0 Å². The van der Waals surface area contributed by atoms with Crippen LogP contribution in [-0.4, -0.2) is 51.2 Å². The molecule has 0 aliphatic heterocycles. The number of carbonyl (C=O) groups excluding carboxylic acids is 4. The summed E-state index contributed by atoms with van der Waals surface area (Å²) in [6, 6.07) is -1.19. The molecule has 3 amide bonds. The number of halogens is 2. The summed E-state index contributed by atoms with van der Waals surface area (Å²) in [7, 11) is 0. The zero-order valence-electron chi connectivity index (χ0n) is 12.8. The maximum absolute atomic E-state index is 11.6. The van der Waals surface area contributed by atoms with Crippen LogP contribution < -0.4 is 16.0 Å². The Morgan fingerprint density at radius 1 is 0.958 bits per heavy atom. The Bertz CT molecular complexity index is 488. The van der Waals surface area contributed by atoms with Crippen LogP contribution in [0.5, 0.6) is 0 Å². The number of rotatable bonds is 12. The van der Waals surface area contributed by atoms with Gasteiger partial charge in [0.15, 0.2) is 0 Å². The van der Waals surface area contributed by atoms with E-state index in [0.717, 1.165) is 0 Å². The number of carboxylic acids is 1. The first-order valence-corrected chi connectivity index (χ1v) is 8.58. The molecule has 1 atom stereocenters. The van der Waals surface area contributed by atoms with Crippen LogP contribution in [0.25, 0.3) is 0 Å². The Labute approximate surface area is 157 Å². The number of hydrogen-bond acceptors (Lipinski definition) is 5. The normalized spacial score (nSPS) is 11.2. The van der Waals surface area contributed by atoms with Crippen LogP contribution >= 0.6 is 34.2 Å². The van der Waals surface area contributed by atoms with Crippen molar-refractivity contribution in [2.75, 3.05) is 13.1 Å². The molecule has 0 saturated heterocycles. The van der Waals surface area contributed by atoms with E-state index in [4.69, 9.17) is 16.7 Å². The molecule has 0 rings (SSSR count). The third-order valence-corrected chi connectivity index (χ3v) is 3.35. The van der Waals surface area contributed by atoms with E-state index < -0.39 is 23.2 Å². The van der Waals surface area contributed by atoms with Crippen molar-refractivity contribution in [2.45, 2.75) is 38.1 Å². The first-order valence-electron chi connectivity index (χ1n) is 7.13. The van der Waals surface area contributed by atoms with E-state index in [9.17, 15) is 24.0 Å². The summed E-state index contributed by atoms with van der Waals surface area (Å²) in [5, 5.41) is 15.8. The molecule has 0 aliphatic carbocycles. The Balaban J connectivity index is 4.08. The molecule has 0 bridgehead atoms. The zero-order valence-corrected chi connectivity index (χ0v) is 15.7. The van der Waals surface area contributed by atoms with Crippen LogP contribution in [0.15, 0.2) is 0 Å². The maximum Gasteiger partial charge on any atom is 0.326 e. The highest BCUT2D eigenvalue weighted by atomic mass is 127. The molecule has 11 heteroatoms. The standard InChI is InChI=1S/C13H19ClIN3O6/c14-9(19)2-1-3-11(21)18-8(12(22)23)4-5-10(20)16-6-7-17-13(15)24/h8H,1-7H2,(H,16,20)(H,17,24)(H,18,21)(H,22,23)/t8-/m0/s1. The van der Waals surface area contributed by atoms with Crippen molar-refractivity contribution >= 4 is 61.1 Å². The summed E-state index contributed by atoms with van der Waals surface area (Å²) < 4.78 is -0.244. The highest BCUT2D eigenvalue weighted by Gasteiger charge is 2.20. The van der Waals surface area contributed by atoms with Gasteiger partial charge in [0.1, 0.15) is 6.04 Å². The fourth-order valence-corrected chi connectivity index (χ4v) is 2.04. The Kier molecular flexibility index (Phi) is 12.2. The van der Waals surface area contributed by atoms with Crippen molar-refractivity contribution < 1.29 is 29.1 Å². The molecule has 136 valence electrons. The monoisotopic (exact) mass is 475 g/mol. The molecular formula is C13H19ClIN3O6. The quantitative estimate of drug-likeness (QED) is 0.140. The van der Waals surface area contributed by atoms with Gasteiger partial charge in [-0.3, -0.25) is 19.2 Å². The van der Waals surface area contributed by atoms with Gasteiger partial charge in [-0.2, -0.15) is 0 Å². The molecule has 9 nitrogen and oxygen atoms in total. The summed E-state index contributed by atoms with van der Waals surface area (Å²) in [6.45, 7) is 0.496. The van der Waals surface area contributed by atoms with E-state index in [1.807, 2.05) is 0 Å². The van der Waals surface area contributed by atoms with Gasteiger partial charge in [0.2, 0.25) is 17.1 Å². The fraction of sp³-hybridized carbons (Fsp3) is 0.615. The van der Waals surface area contributed by atoms with Gasteiger partial charge in [0.05, 0.1) is 0 Å². The lowest BCUT2D eigenvalue weighted by Gasteiger charge is -2.14. The topological polar surface area (TPSA) is 142 Å². The summed E-state index contributed by atoms with van der Waals surface area (Å²) in [5.74, 6) is -2.15. The predicted molar refractivity (Wildman–Crippen MR) is 93.9 cm³/mol. The molecule has 24 heavy (non-hydrogen) atoms. The smallest absolute Gasteiger partial charge is 0.326 e. The molecule has 0 aliphatic rings. The molecule has 0 saturated carbocycles. The number of aliphatic carboxylic acids is 1. The van der Waals surface area contributed by atoms with Gasteiger partial charge < -0.3 is 21.1 Å². The van der Waals surface area contributed by atoms with Crippen LogP contribution in [0.1, 0.15) is 32.1 Å². The second-order valence-corrected chi connectivity index (χ2v) is 6.16. The number of carbonyl (C=O) groups is 5. The zero-order chi connectivity index (χ0) is 18.5. The first-order chi connectivity index (χ1) is 11.2. The minimum absolute atomic E-state index is 0.0234. The predicted octanol–water partition coefficient (Wildman–Crippen LogP) is 0.532.